The monoisotopic (exact) mass is 423 g/mol. The number of likely N-dealkylation sites (tertiary alicyclic amines) is 1. The minimum absolute atomic E-state index is 0.0252. The van der Waals surface area contributed by atoms with Crippen molar-refractivity contribution >= 4 is 17.6 Å². The second-order valence-corrected chi connectivity index (χ2v) is 7.94. The lowest BCUT2D eigenvalue weighted by molar-refractivity contribution is -0.132. The minimum atomic E-state index is -0.589. The number of rotatable bonds is 5. The van der Waals surface area contributed by atoms with Gasteiger partial charge in [0.1, 0.15) is 17.1 Å². The Hall–Kier alpha value is -3.42. The summed E-state index contributed by atoms with van der Waals surface area (Å²) < 4.78 is 11.9. The third-order valence-electron chi connectivity index (χ3n) is 5.75. The predicted molar refractivity (Wildman–Crippen MR) is 112 cm³/mol. The van der Waals surface area contributed by atoms with Crippen LogP contribution in [0.2, 0.25) is 0 Å². The number of hydrogen-bond donors (Lipinski definition) is 1. The molecule has 1 aromatic carbocycles. The van der Waals surface area contributed by atoms with Crippen LogP contribution in [0.15, 0.2) is 42.6 Å². The van der Waals surface area contributed by atoms with E-state index < -0.39 is 5.60 Å². The molecule has 1 saturated heterocycles. The van der Waals surface area contributed by atoms with Crippen LogP contribution in [0.3, 0.4) is 0 Å². The number of pyridine rings is 1. The second-order valence-electron chi connectivity index (χ2n) is 7.94. The summed E-state index contributed by atoms with van der Waals surface area (Å²) in [7, 11) is 0. The molecule has 1 N–H and O–H groups in total. The highest BCUT2D eigenvalue weighted by Crippen LogP contribution is 2.40. The van der Waals surface area contributed by atoms with Crippen LogP contribution in [0.1, 0.15) is 42.2 Å². The minimum Gasteiger partial charge on any atom is -0.486 e. The predicted octanol–water partition coefficient (Wildman–Crippen LogP) is 2.12. The van der Waals surface area contributed by atoms with Gasteiger partial charge in [-0.3, -0.25) is 19.4 Å². The summed E-state index contributed by atoms with van der Waals surface area (Å²) in [5, 5.41) is 2.75. The molecule has 2 amide bonds. The molecule has 2 aliphatic heterocycles. The number of carbonyl (C=O) groups excluding carboxylic acids is 3. The van der Waals surface area contributed by atoms with Crippen LogP contribution in [0, 0.1) is 0 Å². The number of aromatic nitrogens is 1. The number of ether oxygens (including phenoxy) is 2. The van der Waals surface area contributed by atoms with Gasteiger partial charge in [-0.05, 0) is 24.3 Å². The number of piperidine rings is 1. The van der Waals surface area contributed by atoms with Gasteiger partial charge >= 0.3 is 0 Å². The van der Waals surface area contributed by atoms with Crippen LogP contribution in [0.5, 0.6) is 11.5 Å². The van der Waals surface area contributed by atoms with E-state index in [0.717, 1.165) is 5.69 Å². The number of benzene rings is 1. The fourth-order valence-corrected chi connectivity index (χ4v) is 3.96. The van der Waals surface area contributed by atoms with Crippen molar-refractivity contribution < 1.29 is 23.9 Å². The van der Waals surface area contributed by atoms with Crippen LogP contribution in [0.4, 0.5) is 0 Å². The van der Waals surface area contributed by atoms with Gasteiger partial charge in [-0.2, -0.15) is 0 Å². The molecule has 31 heavy (non-hydrogen) atoms. The molecule has 2 aromatic rings. The molecule has 162 valence electrons. The molecule has 8 nitrogen and oxygen atoms in total. The maximum atomic E-state index is 12.7. The summed E-state index contributed by atoms with van der Waals surface area (Å²) in [6.07, 6.45) is 3.20. The summed E-state index contributed by atoms with van der Waals surface area (Å²) in [5.41, 5.74) is 0.693. The molecular formula is C23H25N3O5. The Kier molecular flexibility index (Phi) is 5.88. The number of Topliss-reactive ketones (excluding diaryl/α,β-unsaturated/α-hetero) is 1. The Morgan fingerprint density at radius 1 is 1.23 bits per heavy atom. The van der Waals surface area contributed by atoms with Gasteiger partial charge in [0.2, 0.25) is 5.91 Å². The van der Waals surface area contributed by atoms with Gasteiger partial charge in [-0.25, -0.2) is 0 Å². The van der Waals surface area contributed by atoms with E-state index in [2.05, 4.69) is 10.3 Å². The topological polar surface area (TPSA) is 97.8 Å². The van der Waals surface area contributed by atoms with Gasteiger partial charge < -0.3 is 19.7 Å². The van der Waals surface area contributed by atoms with E-state index in [9.17, 15) is 14.4 Å². The Bertz CT molecular complexity index is 984. The summed E-state index contributed by atoms with van der Waals surface area (Å²) in [6, 6.07) is 10.5. The molecule has 0 aliphatic carbocycles. The smallest absolute Gasteiger partial charge is 0.258 e. The Morgan fingerprint density at radius 2 is 2.03 bits per heavy atom. The van der Waals surface area contributed by atoms with E-state index >= 15 is 0 Å². The maximum Gasteiger partial charge on any atom is 0.258 e. The summed E-state index contributed by atoms with van der Waals surface area (Å²) in [6.45, 7) is 2.87. The number of amides is 2. The van der Waals surface area contributed by atoms with Crippen molar-refractivity contribution in [1.82, 2.24) is 15.2 Å². The SMILES string of the molecule is CC(=O)N1CCC2(CC1)CC(=O)c1ccc(OCC(=O)NCc3ccccn3)cc1O2. The number of hydrogen-bond acceptors (Lipinski definition) is 6. The van der Waals surface area contributed by atoms with Crippen molar-refractivity contribution in [1.29, 1.82) is 0 Å². The van der Waals surface area contributed by atoms with Gasteiger partial charge in [-0.15, -0.1) is 0 Å². The zero-order valence-electron chi connectivity index (χ0n) is 17.4. The molecule has 0 bridgehead atoms. The molecular weight excluding hydrogens is 398 g/mol. The molecule has 1 aromatic heterocycles. The van der Waals surface area contributed by atoms with Crippen LogP contribution >= 0.6 is 0 Å². The zero-order valence-corrected chi connectivity index (χ0v) is 17.4. The maximum absolute atomic E-state index is 12.7. The first-order valence-electron chi connectivity index (χ1n) is 10.4. The fourth-order valence-electron chi connectivity index (χ4n) is 3.96. The van der Waals surface area contributed by atoms with Crippen LogP contribution < -0.4 is 14.8 Å². The first-order chi connectivity index (χ1) is 14.9. The lowest BCUT2D eigenvalue weighted by Crippen LogP contribution is -2.51. The third kappa shape index (κ3) is 4.84. The zero-order chi connectivity index (χ0) is 21.8. The van der Waals surface area contributed by atoms with Crippen molar-refractivity contribution in [3.8, 4) is 11.5 Å². The molecule has 4 rings (SSSR count). The van der Waals surface area contributed by atoms with Gasteiger partial charge in [-0.1, -0.05) is 6.07 Å². The lowest BCUT2D eigenvalue weighted by Gasteiger charge is -2.43. The molecule has 2 aliphatic rings. The average Bonchev–Trinajstić information content (AvgIpc) is 2.77. The highest BCUT2D eigenvalue weighted by atomic mass is 16.5. The fraction of sp³-hybridized carbons (Fsp3) is 0.391. The molecule has 0 saturated carbocycles. The van der Waals surface area contributed by atoms with Gasteiger partial charge in [0.25, 0.3) is 5.91 Å². The Morgan fingerprint density at radius 3 is 2.74 bits per heavy atom. The van der Waals surface area contributed by atoms with E-state index in [1.54, 1.807) is 36.2 Å². The van der Waals surface area contributed by atoms with E-state index in [4.69, 9.17) is 9.47 Å². The normalized spacial score (nSPS) is 16.9. The first kappa shape index (κ1) is 20.8. The quantitative estimate of drug-likeness (QED) is 0.791. The number of ketones is 1. The van der Waals surface area contributed by atoms with E-state index in [1.165, 1.54) is 0 Å². The standard InChI is InChI=1S/C23H25N3O5/c1-16(27)26-10-7-23(8-11-26)13-20(28)19-6-5-18(12-21(19)31-23)30-15-22(29)25-14-17-4-2-3-9-24-17/h2-6,9,12H,7-8,10-11,13-15H2,1H3,(H,25,29). The van der Waals surface area contributed by atoms with Crippen molar-refractivity contribution in [2.45, 2.75) is 38.3 Å². The first-order valence-corrected chi connectivity index (χ1v) is 10.4. The van der Waals surface area contributed by atoms with Crippen molar-refractivity contribution in [2.75, 3.05) is 19.7 Å². The summed E-state index contributed by atoms with van der Waals surface area (Å²) in [5.74, 6) is 0.719. The highest BCUT2D eigenvalue weighted by molar-refractivity contribution is 6.00. The van der Waals surface area contributed by atoms with E-state index in [0.29, 0.717) is 56.0 Å². The summed E-state index contributed by atoms with van der Waals surface area (Å²) in [4.78, 5) is 42.3. The van der Waals surface area contributed by atoms with Gasteiger partial charge in [0.05, 0.1) is 24.2 Å². The number of carbonyl (C=O) groups is 3. The molecule has 0 atom stereocenters. The summed E-state index contributed by atoms with van der Waals surface area (Å²) >= 11 is 0. The molecule has 0 unspecified atom stereocenters. The molecule has 1 spiro atoms. The van der Waals surface area contributed by atoms with E-state index in [-0.39, 0.29) is 24.2 Å². The van der Waals surface area contributed by atoms with Gasteiger partial charge in [0, 0.05) is 45.1 Å². The second kappa shape index (κ2) is 8.75. The van der Waals surface area contributed by atoms with Crippen molar-refractivity contribution in [2.24, 2.45) is 0 Å². The van der Waals surface area contributed by atoms with Crippen molar-refractivity contribution in [3.05, 3.63) is 53.9 Å². The Labute approximate surface area is 180 Å². The molecule has 0 radical (unpaired) electrons. The lowest BCUT2D eigenvalue weighted by atomic mass is 9.82. The molecule has 8 heteroatoms. The van der Waals surface area contributed by atoms with Crippen molar-refractivity contribution in [3.63, 3.8) is 0 Å². The average molecular weight is 423 g/mol. The van der Waals surface area contributed by atoms with Gasteiger partial charge in [0.15, 0.2) is 12.4 Å². The largest absolute Gasteiger partial charge is 0.486 e. The highest BCUT2D eigenvalue weighted by Gasteiger charge is 2.43. The van der Waals surface area contributed by atoms with Crippen LogP contribution in [0.25, 0.3) is 0 Å². The van der Waals surface area contributed by atoms with Crippen LogP contribution in [-0.4, -0.2) is 52.8 Å². The Balaban J connectivity index is 1.36. The molecule has 1 fully saturated rings. The number of nitrogens with one attached hydrogen (secondary N) is 1. The number of fused-ring (bicyclic) bond motifs is 1. The molecule has 3 heterocycles. The third-order valence-corrected chi connectivity index (χ3v) is 5.75. The number of nitrogens with zero attached hydrogens (tertiary/aromatic N) is 2. The van der Waals surface area contributed by atoms with E-state index in [1.807, 2.05) is 18.2 Å². The van der Waals surface area contributed by atoms with Crippen LogP contribution in [-0.2, 0) is 16.1 Å².